The van der Waals surface area contributed by atoms with E-state index >= 15 is 0 Å². The van der Waals surface area contributed by atoms with Crippen LogP contribution < -0.4 is 0 Å². The van der Waals surface area contributed by atoms with Gasteiger partial charge in [-0.3, -0.25) is 0 Å². The lowest BCUT2D eigenvalue weighted by atomic mass is 10.4. The van der Waals surface area contributed by atoms with Gasteiger partial charge in [0.15, 0.2) is 0 Å². The van der Waals surface area contributed by atoms with Crippen LogP contribution >= 0.6 is 0 Å². The maximum atomic E-state index is 2.53. The molecule has 0 atom stereocenters. The molecule has 0 spiro atoms. The van der Waals surface area contributed by atoms with Crippen molar-refractivity contribution < 1.29 is 0 Å². The van der Waals surface area contributed by atoms with Gasteiger partial charge in [0.1, 0.15) is 0 Å². The zero-order valence-electron chi connectivity index (χ0n) is 8.58. The largest absolute Gasteiger partial charge is 0.462 e. The molecule has 1 aliphatic rings. The standard InChI is InChI=1S/C8H19N3.Al.H/c1-9-5-4-7-11(3)8-6-10-2;;/h4-8H2,1-3H3;;/q-2;+2;. The summed E-state index contributed by atoms with van der Waals surface area (Å²) < 4.78 is 5.04. The second-order valence-electron chi connectivity index (χ2n) is 3.96. The van der Waals surface area contributed by atoms with Crippen molar-refractivity contribution in [2.75, 3.05) is 47.3 Å². The van der Waals surface area contributed by atoms with Crippen LogP contribution in [0.15, 0.2) is 0 Å². The molecule has 1 aliphatic heterocycles. The highest BCUT2D eigenvalue weighted by atomic mass is 27.1. The van der Waals surface area contributed by atoms with Crippen LogP contribution in [0, 0.1) is 0 Å². The van der Waals surface area contributed by atoms with E-state index in [0.717, 1.165) is 0 Å². The molecule has 0 amide bonds. The molecule has 0 aromatic rings. The molecule has 4 heteroatoms. The number of nitrogens with zero attached hydrogens (tertiary/aromatic N) is 3. The molecule has 0 aromatic carbocycles. The molecule has 1 fully saturated rings. The molecule has 1 rings (SSSR count). The third-order valence-corrected chi connectivity index (χ3v) is 4.02. The van der Waals surface area contributed by atoms with Crippen molar-refractivity contribution >= 4 is 15.7 Å². The fraction of sp³-hybridized carbons (Fsp3) is 1.00. The highest BCUT2D eigenvalue weighted by Crippen LogP contribution is 1.95. The molecule has 12 heavy (non-hydrogen) atoms. The molecule has 0 radical (unpaired) electrons. The number of hydrogen-bond acceptors (Lipinski definition) is 3. The first-order valence-electron chi connectivity index (χ1n) is 4.74. The van der Waals surface area contributed by atoms with Crippen LogP contribution in [0.1, 0.15) is 6.42 Å². The molecule has 0 saturated carbocycles. The molecule has 1 heterocycles. The van der Waals surface area contributed by atoms with Crippen molar-refractivity contribution in [3.8, 4) is 0 Å². The molecule has 0 aromatic heterocycles. The van der Waals surface area contributed by atoms with Gasteiger partial charge in [0.2, 0.25) is 0 Å². The Morgan fingerprint density at radius 1 is 0.833 bits per heavy atom. The van der Waals surface area contributed by atoms with E-state index in [-0.39, 0.29) is 15.7 Å². The number of hydrogen-bond donors (Lipinski definition) is 0. The third-order valence-electron chi connectivity index (χ3n) is 2.43. The first-order chi connectivity index (χ1) is 5.68. The predicted octanol–water partition coefficient (Wildman–Crippen LogP) is -0.548. The number of rotatable bonds is 0. The molecule has 1 saturated heterocycles. The Hall–Kier alpha value is 0.412. The van der Waals surface area contributed by atoms with E-state index in [4.69, 9.17) is 0 Å². The topological polar surface area (TPSA) is 9.72 Å². The van der Waals surface area contributed by atoms with Gasteiger partial charge in [0.05, 0.1) is 0 Å². The Labute approximate surface area is 82.5 Å². The summed E-state index contributed by atoms with van der Waals surface area (Å²) in [7, 11) is 6.73. The lowest BCUT2D eigenvalue weighted by Gasteiger charge is -2.21. The molecule has 0 aliphatic carbocycles. The summed E-state index contributed by atoms with van der Waals surface area (Å²) in [5.74, 6) is 0. The first-order valence-corrected chi connectivity index (χ1v) is 6.00. The van der Waals surface area contributed by atoms with E-state index in [1.54, 1.807) is 0 Å². The van der Waals surface area contributed by atoms with Gasteiger partial charge >= 0.3 is 15.7 Å². The molecule has 0 unspecified atom stereocenters. The summed E-state index contributed by atoms with van der Waals surface area (Å²) in [5, 5.41) is 0. The quantitative estimate of drug-likeness (QED) is 0.469. The fourth-order valence-corrected chi connectivity index (χ4v) is 3.09. The minimum atomic E-state index is -0.105. The van der Waals surface area contributed by atoms with Gasteiger partial charge < -0.3 is 12.7 Å². The second kappa shape index (κ2) is 5.21. The molecule has 0 bridgehead atoms. The van der Waals surface area contributed by atoms with Crippen molar-refractivity contribution in [3.05, 3.63) is 0 Å². The van der Waals surface area contributed by atoms with Crippen molar-refractivity contribution in [1.29, 1.82) is 0 Å². The van der Waals surface area contributed by atoms with Crippen LogP contribution in [0.5, 0.6) is 0 Å². The molecular formula is C8H20AlN3. The van der Waals surface area contributed by atoms with E-state index in [9.17, 15) is 0 Å². The van der Waals surface area contributed by atoms with Crippen LogP contribution in [-0.2, 0) is 0 Å². The van der Waals surface area contributed by atoms with E-state index in [2.05, 4.69) is 33.8 Å². The Morgan fingerprint density at radius 3 is 2.25 bits per heavy atom. The summed E-state index contributed by atoms with van der Waals surface area (Å²) in [6.45, 7) is 5.01. The summed E-state index contributed by atoms with van der Waals surface area (Å²) in [5.41, 5.74) is 0. The highest BCUT2D eigenvalue weighted by molar-refractivity contribution is 6.28. The van der Waals surface area contributed by atoms with Crippen molar-refractivity contribution in [2.24, 2.45) is 0 Å². The van der Waals surface area contributed by atoms with Crippen LogP contribution in [-0.4, -0.2) is 75.6 Å². The van der Waals surface area contributed by atoms with Crippen LogP contribution in [0.4, 0.5) is 0 Å². The molecular weight excluding hydrogens is 165 g/mol. The first kappa shape index (κ1) is 10.5. The van der Waals surface area contributed by atoms with E-state index in [1.165, 1.54) is 32.6 Å². The maximum absolute atomic E-state index is 2.53. The summed E-state index contributed by atoms with van der Waals surface area (Å²) >= 11 is -0.105. The summed E-state index contributed by atoms with van der Waals surface area (Å²) in [4.78, 5) is 2.43. The van der Waals surface area contributed by atoms with E-state index < -0.39 is 0 Å². The Kier molecular flexibility index (Phi) is 4.55. The number of likely N-dealkylation sites (N-methyl/N-ethyl adjacent to an activating group) is 2. The zero-order valence-corrected chi connectivity index (χ0v) is 10.00. The highest BCUT2D eigenvalue weighted by Gasteiger charge is 2.12. The average Bonchev–Trinajstić information content (AvgIpc) is 2.05. The minimum Gasteiger partial charge on any atom is -0.377 e. The Balaban J connectivity index is 2.36. The second-order valence-corrected chi connectivity index (χ2v) is 6.40. The van der Waals surface area contributed by atoms with Gasteiger partial charge in [-0.05, 0) is 47.2 Å². The van der Waals surface area contributed by atoms with Crippen molar-refractivity contribution in [2.45, 2.75) is 6.42 Å². The average molecular weight is 185 g/mol. The minimum absolute atomic E-state index is 0.105. The van der Waals surface area contributed by atoms with Gasteiger partial charge in [0, 0.05) is 6.54 Å². The smallest absolute Gasteiger partial charge is 0.377 e. The third kappa shape index (κ3) is 3.88. The molecule has 70 valence electrons. The lowest BCUT2D eigenvalue weighted by molar-refractivity contribution is 0.311. The van der Waals surface area contributed by atoms with Gasteiger partial charge in [0.25, 0.3) is 0 Å². The maximum Gasteiger partial charge on any atom is 0.462 e. The van der Waals surface area contributed by atoms with E-state index in [1.807, 2.05) is 0 Å². The van der Waals surface area contributed by atoms with Crippen LogP contribution in [0.25, 0.3) is 0 Å². The predicted molar refractivity (Wildman–Crippen MR) is 54.5 cm³/mol. The normalized spacial score (nSPS) is 25.6. The van der Waals surface area contributed by atoms with Crippen LogP contribution in [0.2, 0.25) is 0 Å². The van der Waals surface area contributed by atoms with Gasteiger partial charge in [-0.1, -0.05) is 0 Å². The fourth-order valence-electron chi connectivity index (χ4n) is 1.62. The van der Waals surface area contributed by atoms with Crippen molar-refractivity contribution in [1.82, 2.24) is 12.7 Å². The van der Waals surface area contributed by atoms with Gasteiger partial charge in [-0.15, -0.1) is 0 Å². The molecule has 3 nitrogen and oxygen atoms in total. The SMILES string of the molecule is CN1CCC[N](C)[AlH][N](C)CC1. The zero-order chi connectivity index (χ0) is 8.97. The lowest BCUT2D eigenvalue weighted by Crippen LogP contribution is -2.38. The Morgan fingerprint density at radius 2 is 1.50 bits per heavy atom. The molecule has 0 N–H and O–H groups in total. The summed E-state index contributed by atoms with van der Waals surface area (Å²) in [6, 6.07) is 0. The Bertz CT molecular complexity index is 131. The van der Waals surface area contributed by atoms with Gasteiger partial charge in [-0.25, -0.2) is 0 Å². The summed E-state index contributed by atoms with van der Waals surface area (Å²) in [6.07, 6.45) is 1.33. The van der Waals surface area contributed by atoms with E-state index in [0.29, 0.717) is 0 Å². The monoisotopic (exact) mass is 185 g/mol. The van der Waals surface area contributed by atoms with Crippen molar-refractivity contribution in [3.63, 3.8) is 0 Å². The van der Waals surface area contributed by atoms with Crippen LogP contribution in [0.3, 0.4) is 0 Å². The van der Waals surface area contributed by atoms with Gasteiger partial charge in [-0.2, -0.15) is 0 Å².